The van der Waals surface area contributed by atoms with E-state index in [4.69, 9.17) is 26.5 Å². The van der Waals surface area contributed by atoms with Gasteiger partial charge < -0.3 is 14.9 Å². The summed E-state index contributed by atoms with van der Waals surface area (Å²) in [5.74, 6) is 1.76. The van der Waals surface area contributed by atoms with E-state index in [0.29, 0.717) is 22.4 Å². The second-order valence-corrected chi connectivity index (χ2v) is 4.98. The third-order valence-electron chi connectivity index (χ3n) is 2.98. The lowest BCUT2D eigenvalue weighted by atomic mass is 10.3. The average molecular weight is 329 g/mol. The number of nitrogens with zero attached hydrogens (tertiary/aromatic N) is 5. The topological polar surface area (TPSA) is 104 Å². The molecule has 0 fully saturated rings. The first kappa shape index (κ1) is 13.5. The number of nitrogen functional groups attached to an aromatic ring is 1. The van der Waals surface area contributed by atoms with Crippen molar-refractivity contribution in [2.75, 3.05) is 5.73 Å². The summed E-state index contributed by atoms with van der Waals surface area (Å²) in [4.78, 5) is 12.5. The number of hydrogen-bond acceptors (Lipinski definition) is 7. The number of fused-ring (bicyclic) bond motifs is 1. The zero-order valence-electron chi connectivity index (χ0n) is 11.5. The third-order valence-corrected chi connectivity index (χ3v) is 3.23. The molecule has 3 heterocycles. The molecular weight excluding hydrogens is 320 g/mol. The zero-order valence-corrected chi connectivity index (χ0v) is 12.3. The summed E-state index contributed by atoms with van der Waals surface area (Å²) >= 11 is 5.83. The molecule has 23 heavy (non-hydrogen) atoms. The SMILES string of the molecule is Nc1nc(Oc2ccc(Cl)cc2)nc2nc(-c3ccco3)nn12. The summed E-state index contributed by atoms with van der Waals surface area (Å²) in [5, 5.41) is 4.81. The molecule has 2 N–H and O–H groups in total. The summed E-state index contributed by atoms with van der Waals surface area (Å²) in [6.07, 6.45) is 1.53. The number of benzene rings is 1. The third kappa shape index (κ3) is 2.55. The van der Waals surface area contributed by atoms with Crippen molar-refractivity contribution in [3.63, 3.8) is 0 Å². The van der Waals surface area contributed by atoms with Crippen LogP contribution >= 0.6 is 11.6 Å². The molecule has 4 aromatic rings. The smallest absolute Gasteiger partial charge is 0.328 e. The Hall–Kier alpha value is -3.13. The lowest BCUT2D eigenvalue weighted by molar-refractivity contribution is 0.441. The molecule has 0 aliphatic carbocycles. The Balaban J connectivity index is 1.73. The number of ether oxygens (including phenoxy) is 1. The van der Waals surface area contributed by atoms with Gasteiger partial charge in [-0.3, -0.25) is 0 Å². The van der Waals surface area contributed by atoms with Gasteiger partial charge in [0.2, 0.25) is 11.8 Å². The predicted octanol–water partition coefficient (Wildman–Crippen LogP) is 2.81. The minimum absolute atomic E-state index is 0.0655. The number of rotatable bonds is 3. The minimum Gasteiger partial charge on any atom is -0.461 e. The van der Waals surface area contributed by atoms with Crippen molar-refractivity contribution in [3.05, 3.63) is 47.7 Å². The molecule has 0 saturated carbocycles. The number of hydrogen-bond donors (Lipinski definition) is 1. The monoisotopic (exact) mass is 328 g/mol. The van der Waals surface area contributed by atoms with E-state index in [2.05, 4.69) is 20.1 Å². The lowest BCUT2D eigenvalue weighted by Crippen LogP contribution is -2.05. The quantitative estimate of drug-likeness (QED) is 0.616. The van der Waals surface area contributed by atoms with Gasteiger partial charge in [0.05, 0.1) is 6.26 Å². The molecule has 0 atom stereocenters. The molecule has 1 aromatic carbocycles. The van der Waals surface area contributed by atoms with Gasteiger partial charge in [-0.1, -0.05) is 11.6 Å². The molecule has 9 heteroatoms. The predicted molar refractivity (Wildman–Crippen MR) is 82.2 cm³/mol. The molecular formula is C14H9ClN6O2. The standard InChI is InChI=1S/C14H9ClN6O2/c15-8-3-5-9(6-4-8)23-14-18-12(16)21-13(19-14)17-11(20-21)10-2-1-7-22-10/h1-7H,(H2,16,17,18,19,20). The van der Waals surface area contributed by atoms with Crippen LogP contribution in [0.25, 0.3) is 17.4 Å². The van der Waals surface area contributed by atoms with Gasteiger partial charge in [0.25, 0.3) is 5.78 Å². The van der Waals surface area contributed by atoms with Crippen molar-refractivity contribution in [3.8, 4) is 23.3 Å². The van der Waals surface area contributed by atoms with Crippen molar-refractivity contribution in [2.45, 2.75) is 0 Å². The Labute approximate surface area is 134 Å². The van der Waals surface area contributed by atoms with Gasteiger partial charge >= 0.3 is 6.01 Å². The van der Waals surface area contributed by atoms with Crippen molar-refractivity contribution >= 4 is 23.3 Å². The Morgan fingerprint density at radius 3 is 2.65 bits per heavy atom. The lowest BCUT2D eigenvalue weighted by Gasteiger charge is -2.04. The highest BCUT2D eigenvalue weighted by Crippen LogP contribution is 2.22. The van der Waals surface area contributed by atoms with Gasteiger partial charge in [-0.25, -0.2) is 0 Å². The van der Waals surface area contributed by atoms with Crippen molar-refractivity contribution in [2.24, 2.45) is 0 Å². The number of furan rings is 1. The van der Waals surface area contributed by atoms with Gasteiger partial charge in [0.1, 0.15) is 5.75 Å². The van der Waals surface area contributed by atoms with Crippen LogP contribution < -0.4 is 10.5 Å². The van der Waals surface area contributed by atoms with E-state index in [1.165, 1.54) is 10.8 Å². The van der Waals surface area contributed by atoms with Gasteiger partial charge in [0.15, 0.2) is 5.76 Å². The fourth-order valence-electron chi connectivity index (χ4n) is 1.95. The highest BCUT2D eigenvalue weighted by molar-refractivity contribution is 6.30. The van der Waals surface area contributed by atoms with Crippen molar-refractivity contribution < 1.29 is 9.15 Å². The highest BCUT2D eigenvalue weighted by Gasteiger charge is 2.14. The zero-order chi connectivity index (χ0) is 15.8. The number of aromatic nitrogens is 5. The second-order valence-electron chi connectivity index (χ2n) is 4.54. The summed E-state index contributed by atoms with van der Waals surface area (Å²) in [7, 11) is 0. The first-order valence-electron chi connectivity index (χ1n) is 6.56. The number of halogens is 1. The van der Waals surface area contributed by atoms with Crippen LogP contribution in [0.3, 0.4) is 0 Å². The minimum atomic E-state index is 0.0655. The first-order valence-corrected chi connectivity index (χ1v) is 6.94. The van der Waals surface area contributed by atoms with Crippen LogP contribution in [0.15, 0.2) is 47.1 Å². The maximum Gasteiger partial charge on any atom is 0.328 e. The summed E-state index contributed by atoms with van der Waals surface area (Å²) < 4.78 is 12.1. The molecule has 3 aromatic heterocycles. The largest absolute Gasteiger partial charge is 0.461 e. The van der Waals surface area contributed by atoms with Crippen LogP contribution in [0, 0.1) is 0 Å². The van der Waals surface area contributed by atoms with E-state index >= 15 is 0 Å². The van der Waals surface area contributed by atoms with Crippen molar-refractivity contribution in [1.82, 2.24) is 24.6 Å². The maximum absolute atomic E-state index is 5.88. The molecule has 0 saturated heterocycles. The molecule has 0 unspecified atom stereocenters. The molecule has 0 amide bonds. The van der Waals surface area contributed by atoms with Crippen LogP contribution in [-0.4, -0.2) is 24.6 Å². The maximum atomic E-state index is 5.88. The summed E-state index contributed by atoms with van der Waals surface area (Å²) in [6.45, 7) is 0. The van der Waals surface area contributed by atoms with Gasteiger partial charge in [-0.2, -0.15) is 19.5 Å². The summed E-state index contributed by atoms with van der Waals surface area (Å²) in [6, 6.07) is 10.3. The van der Waals surface area contributed by atoms with E-state index in [1.54, 1.807) is 36.4 Å². The average Bonchev–Trinajstić information content (AvgIpc) is 3.18. The second kappa shape index (κ2) is 5.25. The highest BCUT2D eigenvalue weighted by atomic mass is 35.5. The molecule has 0 radical (unpaired) electrons. The van der Waals surface area contributed by atoms with E-state index in [-0.39, 0.29) is 17.7 Å². The van der Waals surface area contributed by atoms with Crippen LogP contribution in [0.4, 0.5) is 5.95 Å². The molecule has 0 aliphatic heterocycles. The Kier molecular flexibility index (Phi) is 3.09. The normalized spacial score (nSPS) is 11.0. The molecule has 0 bridgehead atoms. The van der Waals surface area contributed by atoms with Crippen LogP contribution in [0.2, 0.25) is 5.02 Å². The van der Waals surface area contributed by atoms with E-state index in [9.17, 15) is 0 Å². The van der Waals surface area contributed by atoms with Gasteiger partial charge in [-0.05, 0) is 36.4 Å². The van der Waals surface area contributed by atoms with Crippen molar-refractivity contribution in [1.29, 1.82) is 0 Å². The van der Waals surface area contributed by atoms with Crippen LogP contribution in [0.5, 0.6) is 11.8 Å². The van der Waals surface area contributed by atoms with E-state index in [0.717, 1.165) is 0 Å². The molecule has 8 nitrogen and oxygen atoms in total. The fraction of sp³-hybridized carbons (Fsp3) is 0. The molecule has 4 rings (SSSR count). The van der Waals surface area contributed by atoms with Gasteiger partial charge in [-0.15, -0.1) is 5.10 Å². The molecule has 0 spiro atoms. The Bertz CT molecular complexity index is 965. The Morgan fingerprint density at radius 1 is 1.09 bits per heavy atom. The van der Waals surface area contributed by atoms with Gasteiger partial charge in [0, 0.05) is 5.02 Å². The molecule has 0 aliphatic rings. The summed E-state index contributed by atoms with van der Waals surface area (Å²) in [5.41, 5.74) is 5.88. The van der Waals surface area contributed by atoms with Crippen LogP contribution in [-0.2, 0) is 0 Å². The number of anilines is 1. The van der Waals surface area contributed by atoms with Crippen LogP contribution in [0.1, 0.15) is 0 Å². The first-order chi connectivity index (χ1) is 11.2. The number of nitrogens with two attached hydrogens (primary N) is 1. The van der Waals surface area contributed by atoms with E-state index < -0.39 is 0 Å². The van der Waals surface area contributed by atoms with E-state index in [1.807, 2.05) is 0 Å². The Morgan fingerprint density at radius 2 is 1.91 bits per heavy atom. The molecule has 114 valence electrons. The fourth-order valence-corrected chi connectivity index (χ4v) is 2.08.